The fraction of sp³-hybridized carbons (Fsp3) is 0.952. The van der Waals surface area contributed by atoms with Gasteiger partial charge in [0.15, 0.2) is 6.10 Å². The van der Waals surface area contributed by atoms with E-state index in [4.69, 9.17) is 13.1 Å². The van der Waals surface area contributed by atoms with Crippen LogP contribution in [0.25, 0.3) is 0 Å². The number of amides is 1. The summed E-state index contributed by atoms with van der Waals surface area (Å²) in [5, 5.41) is 2.46. The molecule has 1 saturated heterocycles. The van der Waals surface area contributed by atoms with Crippen LogP contribution in [0, 0.1) is 0 Å². The summed E-state index contributed by atoms with van der Waals surface area (Å²) >= 11 is 0. The lowest BCUT2D eigenvalue weighted by atomic mass is 10.00. The molecule has 1 aliphatic rings. The summed E-state index contributed by atoms with van der Waals surface area (Å²) in [4.78, 5) is 11.7. The molecule has 0 saturated carbocycles. The Bertz CT molecular complexity index is 739. The van der Waals surface area contributed by atoms with Crippen LogP contribution >= 0.6 is 0 Å². The van der Waals surface area contributed by atoms with Crippen molar-refractivity contribution < 1.29 is 34.7 Å². The number of alkyl carbamates (subject to hydrolysis) is 1. The van der Waals surface area contributed by atoms with E-state index in [1.54, 1.807) is 0 Å². The van der Waals surface area contributed by atoms with Gasteiger partial charge in [0.25, 0.3) is 20.2 Å². The van der Waals surface area contributed by atoms with Crippen LogP contribution < -0.4 is 5.32 Å². The molecule has 0 aromatic carbocycles. The fourth-order valence-electron chi connectivity index (χ4n) is 3.82. The van der Waals surface area contributed by atoms with Crippen molar-refractivity contribution in [3.63, 3.8) is 0 Å². The van der Waals surface area contributed by atoms with Crippen LogP contribution in [0.1, 0.15) is 90.4 Å². The number of nitrogens with one attached hydrogen (secondary N) is 1. The first-order chi connectivity index (χ1) is 15.0. The Balaban J connectivity index is 2.39. The highest BCUT2D eigenvalue weighted by Crippen LogP contribution is 2.23. The second-order valence-electron chi connectivity index (χ2n) is 8.63. The van der Waals surface area contributed by atoms with Crippen molar-refractivity contribution >= 4 is 26.3 Å². The first-order valence-corrected chi connectivity index (χ1v) is 15.3. The summed E-state index contributed by atoms with van der Waals surface area (Å²) in [5.41, 5.74) is 0. The van der Waals surface area contributed by atoms with Crippen molar-refractivity contribution in [3.05, 3.63) is 0 Å². The zero-order valence-electron chi connectivity index (χ0n) is 19.7. The zero-order chi connectivity index (χ0) is 24.0. The van der Waals surface area contributed by atoms with Gasteiger partial charge in [-0.15, -0.1) is 0 Å². The van der Waals surface area contributed by atoms with Gasteiger partial charge in [0.2, 0.25) is 0 Å². The number of cyclic esters (lactones) is 1. The number of ether oxygens (including phenoxy) is 1. The second-order valence-corrected chi connectivity index (χ2v) is 11.9. The van der Waals surface area contributed by atoms with Crippen LogP contribution in [0.5, 0.6) is 0 Å². The van der Waals surface area contributed by atoms with Gasteiger partial charge in [-0.2, -0.15) is 16.8 Å². The van der Waals surface area contributed by atoms with Crippen LogP contribution in [-0.4, -0.2) is 60.3 Å². The first kappa shape index (κ1) is 29.1. The van der Waals surface area contributed by atoms with E-state index in [1.165, 1.54) is 51.4 Å². The van der Waals surface area contributed by atoms with E-state index < -0.39 is 44.6 Å². The molecule has 0 aromatic heterocycles. The van der Waals surface area contributed by atoms with Crippen LogP contribution in [0.3, 0.4) is 0 Å². The molecule has 0 unspecified atom stereocenters. The number of carbonyl (C=O) groups is 1. The predicted octanol–water partition coefficient (Wildman–Crippen LogP) is 3.88. The first-order valence-electron chi connectivity index (χ1n) is 11.7. The summed E-state index contributed by atoms with van der Waals surface area (Å²) in [7, 11) is -7.51. The Morgan fingerprint density at radius 1 is 0.844 bits per heavy atom. The molecule has 1 aliphatic heterocycles. The van der Waals surface area contributed by atoms with Gasteiger partial charge in [-0.25, -0.2) is 4.79 Å². The highest BCUT2D eigenvalue weighted by Gasteiger charge is 2.42. The molecule has 0 spiro atoms. The summed E-state index contributed by atoms with van der Waals surface area (Å²) in [6, 6.07) is -0.818. The molecule has 1 heterocycles. The third-order valence-electron chi connectivity index (χ3n) is 5.41. The molecule has 11 heteroatoms. The van der Waals surface area contributed by atoms with Crippen LogP contribution in [0.4, 0.5) is 4.79 Å². The molecule has 1 amide bonds. The Kier molecular flexibility index (Phi) is 13.7. The van der Waals surface area contributed by atoms with E-state index in [0.717, 1.165) is 31.8 Å². The van der Waals surface area contributed by atoms with Gasteiger partial charge >= 0.3 is 6.09 Å². The second kappa shape index (κ2) is 15.1. The fourth-order valence-corrected chi connectivity index (χ4v) is 4.87. The van der Waals surface area contributed by atoms with Crippen LogP contribution in [0.2, 0.25) is 0 Å². The van der Waals surface area contributed by atoms with Crippen LogP contribution in [-0.2, 0) is 33.3 Å². The minimum Gasteiger partial charge on any atom is -0.441 e. The van der Waals surface area contributed by atoms with Crippen molar-refractivity contribution in [1.29, 1.82) is 0 Å². The maximum Gasteiger partial charge on any atom is 0.408 e. The highest BCUT2D eigenvalue weighted by atomic mass is 32.2. The Morgan fingerprint density at radius 2 is 1.34 bits per heavy atom. The zero-order valence-corrected chi connectivity index (χ0v) is 21.3. The number of hydrogen-bond donors (Lipinski definition) is 1. The van der Waals surface area contributed by atoms with E-state index in [-0.39, 0.29) is 6.61 Å². The summed E-state index contributed by atoms with van der Waals surface area (Å²) in [6.45, 7) is 1.87. The van der Waals surface area contributed by atoms with E-state index >= 15 is 0 Å². The van der Waals surface area contributed by atoms with Gasteiger partial charge in [0.1, 0.15) is 6.10 Å². The lowest BCUT2D eigenvalue weighted by Crippen LogP contribution is -2.44. The SMILES string of the molecule is CCCCCCCCCCCCCC[C@@H](OS(C)(=O)=O)[C@H]1OC(=O)N[C@H]1COS(C)(=O)=O. The molecule has 1 N–H and O–H groups in total. The lowest BCUT2D eigenvalue weighted by Gasteiger charge is -2.25. The molecule has 9 nitrogen and oxygen atoms in total. The largest absolute Gasteiger partial charge is 0.441 e. The topological polar surface area (TPSA) is 125 Å². The van der Waals surface area contributed by atoms with Crippen molar-refractivity contribution in [1.82, 2.24) is 5.32 Å². The number of carbonyl (C=O) groups excluding carboxylic acids is 1. The molecule has 3 atom stereocenters. The van der Waals surface area contributed by atoms with Crippen LogP contribution in [0.15, 0.2) is 0 Å². The molecule has 190 valence electrons. The molecule has 0 radical (unpaired) electrons. The Morgan fingerprint density at radius 3 is 1.81 bits per heavy atom. The van der Waals surface area contributed by atoms with Gasteiger partial charge in [-0.3, -0.25) is 8.37 Å². The molecule has 0 bridgehead atoms. The third kappa shape index (κ3) is 14.3. The minimum absolute atomic E-state index is 0.350. The van der Waals surface area contributed by atoms with Gasteiger partial charge in [-0.05, 0) is 6.42 Å². The van der Waals surface area contributed by atoms with E-state index in [9.17, 15) is 21.6 Å². The lowest BCUT2D eigenvalue weighted by molar-refractivity contribution is 0.0254. The monoisotopic (exact) mass is 499 g/mol. The van der Waals surface area contributed by atoms with Crippen molar-refractivity contribution in [2.45, 2.75) is 109 Å². The van der Waals surface area contributed by atoms with Crippen molar-refractivity contribution in [3.8, 4) is 0 Å². The van der Waals surface area contributed by atoms with Gasteiger partial charge in [-0.1, -0.05) is 84.0 Å². The number of unbranched alkanes of at least 4 members (excludes halogenated alkanes) is 11. The van der Waals surface area contributed by atoms with Gasteiger partial charge in [0, 0.05) is 0 Å². The van der Waals surface area contributed by atoms with E-state index in [0.29, 0.717) is 12.8 Å². The molecule has 1 rings (SSSR count). The van der Waals surface area contributed by atoms with Crippen molar-refractivity contribution in [2.24, 2.45) is 0 Å². The Hall–Kier alpha value is -0.910. The summed E-state index contributed by atoms with van der Waals surface area (Å²) in [5.74, 6) is 0. The molecule has 0 aliphatic carbocycles. The normalized spacial score (nSPS) is 20.2. The van der Waals surface area contributed by atoms with Gasteiger partial charge < -0.3 is 10.1 Å². The van der Waals surface area contributed by atoms with Gasteiger partial charge in [0.05, 0.1) is 25.2 Å². The molecule has 1 fully saturated rings. The molecular weight excluding hydrogens is 458 g/mol. The maximum atomic E-state index is 11.7. The average Bonchev–Trinajstić information content (AvgIpc) is 3.05. The highest BCUT2D eigenvalue weighted by molar-refractivity contribution is 7.86. The minimum atomic E-state index is -3.79. The maximum absolute atomic E-state index is 11.7. The molecule has 0 aromatic rings. The number of hydrogen-bond acceptors (Lipinski definition) is 8. The standard InChI is InChI=1S/C21H41NO8S2/c1-4-5-6-7-8-9-10-11-12-13-14-15-16-19(30-32(3,26)27)20-18(22-21(23)29-20)17-28-31(2,24)25/h18-20H,4-17H2,1-3H3,(H,22,23)/t18-,19+,20-/m0/s1. The van der Waals surface area contributed by atoms with E-state index in [2.05, 4.69) is 12.2 Å². The smallest absolute Gasteiger partial charge is 0.408 e. The average molecular weight is 500 g/mol. The number of rotatable bonds is 19. The summed E-state index contributed by atoms with van der Waals surface area (Å²) in [6.07, 6.45) is 13.7. The summed E-state index contributed by atoms with van der Waals surface area (Å²) < 4.78 is 61.1. The van der Waals surface area contributed by atoms with E-state index in [1.807, 2.05) is 0 Å². The predicted molar refractivity (Wildman–Crippen MR) is 123 cm³/mol. The Labute approximate surface area is 194 Å². The molecular formula is C21H41NO8S2. The molecule has 32 heavy (non-hydrogen) atoms. The quantitative estimate of drug-likeness (QED) is 0.210. The van der Waals surface area contributed by atoms with Crippen molar-refractivity contribution in [2.75, 3.05) is 19.1 Å². The third-order valence-corrected chi connectivity index (χ3v) is 6.57.